The monoisotopic (exact) mass is 269 g/mol. The Labute approximate surface area is 115 Å². The molecular weight excluding hydrogens is 242 g/mol. The number of hydrogen-bond donors (Lipinski definition) is 2. The Bertz CT molecular complexity index is 336. The van der Waals surface area contributed by atoms with E-state index in [0.29, 0.717) is 6.54 Å². The van der Waals surface area contributed by atoms with Gasteiger partial charge in [-0.3, -0.25) is 9.59 Å². The molecule has 2 atom stereocenters. The van der Waals surface area contributed by atoms with Gasteiger partial charge in [-0.1, -0.05) is 6.42 Å². The van der Waals surface area contributed by atoms with Crippen LogP contribution < -0.4 is 11.1 Å². The van der Waals surface area contributed by atoms with Gasteiger partial charge in [0.25, 0.3) is 0 Å². The largest absolute Gasteiger partial charge is 0.350 e. The molecule has 2 amide bonds. The van der Waals surface area contributed by atoms with Crippen LogP contribution >= 0.6 is 0 Å². The summed E-state index contributed by atoms with van der Waals surface area (Å²) in [5.41, 5.74) is 5.43. The molecule has 1 aliphatic carbocycles. The Hall–Kier alpha value is -1.10. The van der Waals surface area contributed by atoms with Crippen LogP contribution in [-0.2, 0) is 9.59 Å². The molecule has 0 spiro atoms. The van der Waals surface area contributed by atoms with Gasteiger partial charge >= 0.3 is 0 Å². The standard InChI is InChI=1S/C14H27N3O2/c1-14(2,3)16-12(18)9-17(4)13(19)11-7-5-6-10(11)8-15/h10-11H,5-9,15H2,1-4H3,(H,16,18). The molecule has 0 aromatic heterocycles. The van der Waals surface area contributed by atoms with Crippen molar-refractivity contribution in [2.75, 3.05) is 20.1 Å². The number of nitrogens with two attached hydrogens (primary N) is 1. The van der Waals surface area contributed by atoms with Gasteiger partial charge in [0.2, 0.25) is 11.8 Å². The second kappa shape index (κ2) is 6.37. The summed E-state index contributed by atoms with van der Waals surface area (Å²) in [7, 11) is 1.69. The van der Waals surface area contributed by atoms with Gasteiger partial charge in [0.1, 0.15) is 0 Å². The van der Waals surface area contributed by atoms with Crippen LogP contribution in [0.5, 0.6) is 0 Å². The lowest BCUT2D eigenvalue weighted by molar-refractivity contribution is -0.139. The highest BCUT2D eigenvalue weighted by Gasteiger charge is 2.34. The fraction of sp³-hybridized carbons (Fsp3) is 0.857. The predicted molar refractivity (Wildman–Crippen MR) is 75.4 cm³/mol. The van der Waals surface area contributed by atoms with Crippen LogP contribution in [0.3, 0.4) is 0 Å². The van der Waals surface area contributed by atoms with Crippen molar-refractivity contribution >= 4 is 11.8 Å². The molecular formula is C14H27N3O2. The quantitative estimate of drug-likeness (QED) is 0.790. The van der Waals surface area contributed by atoms with E-state index < -0.39 is 0 Å². The van der Waals surface area contributed by atoms with E-state index in [-0.39, 0.29) is 35.7 Å². The van der Waals surface area contributed by atoms with Gasteiger partial charge in [-0.15, -0.1) is 0 Å². The molecule has 110 valence electrons. The Morgan fingerprint density at radius 3 is 2.47 bits per heavy atom. The lowest BCUT2D eigenvalue weighted by Crippen LogP contribution is -2.47. The molecule has 3 N–H and O–H groups in total. The molecule has 0 radical (unpaired) electrons. The molecule has 1 saturated carbocycles. The van der Waals surface area contributed by atoms with Crippen molar-refractivity contribution < 1.29 is 9.59 Å². The van der Waals surface area contributed by atoms with Crippen molar-refractivity contribution in [1.29, 1.82) is 0 Å². The molecule has 0 heterocycles. The molecule has 0 aromatic carbocycles. The van der Waals surface area contributed by atoms with Gasteiger partial charge in [-0.2, -0.15) is 0 Å². The summed E-state index contributed by atoms with van der Waals surface area (Å²) in [6.07, 6.45) is 2.97. The first-order chi connectivity index (χ1) is 8.74. The fourth-order valence-corrected chi connectivity index (χ4v) is 2.68. The zero-order valence-corrected chi connectivity index (χ0v) is 12.5. The minimum absolute atomic E-state index is 0.00237. The number of carbonyl (C=O) groups is 2. The molecule has 0 bridgehead atoms. The number of rotatable bonds is 4. The lowest BCUT2D eigenvalue weighted by atomic mass is 9.95. The van der Waals surface area contributed by atoms with Crippen LogP contribution in [0, 0.1) is 11.8 Å². The Morgan fingerprint density at radius 2 is 1.95 bits per heavy atom. The number of hydrogen-bond acceptors (Lipinski definition) is 3. The Kier molecular flexibility index (Phi) is 5.35. The molecule has 1 rings (SSSR count). The van der Waals surface area contributed by atoms with Crippen LogP contribution in [0.25, 0.3) is 0 Å². The van der Waals surface area contributed by atoms with E-state index in [2.05, 4.69) is 5.32 Å². The highest BCUT2D eigenvalue weighted by molar-refractivity contribution is 5.86. The maximum Gasteiger partial charge on any atom is 0.240 e. The first-order valence-corrected chi connectivity index (χ1v) is 7.00. The summed E-state index contributed by atoms with van der Waals surface area (Å²) in [4.78, 5) is 25.6. The van der Waals surface area contributed by atoms with Crippen LogP contribution in [0.1, 0.15) is 40.0 Å². The van der Waals surface area contributed by atoms with Gasteiger partial charge in [0, 0.05) is 18.5 Å². The van der Waals surface area contributed by atoms with E-state index >= 15 is 0 Å². The molecule has 5 heteroatoms. The minimum atomic E-state index is -0.270. The summed E-state index contributed by atoms with van der Waals surface area (Å²) in [6.45, 7) is 6.44. The van der Waals surface area contributed by atoms with Crippen molar-refractivity contribution in [3.05, 3.63) is 0 Å². The normalized spacial score (nSPS) is 23.2. The highest BCUT2D eigenvalue weighted by Crippen LogP contribution is 2.32. The molecule has 2 unspecified atom stereocenters. The summed E-state index contributed by atoms with van der Waals surface area (Å²) < 4.78 is 0. The second-order valence-corrected chi connectivity index (χ2v) is 6.53. The topological polar surface area (TPSA) is 75.4 Å². The zero-order valence-electron chi connectivity index (χ0n) is 12.5. The minimum Gasteiger partial charge on any atom is -0.350 e. The van der Waals surface area contributed by atoms with Crippen LogP contribution in [0.4, 0.5) is 0 Å². The van der Waals surface area contributed by atoms with E-state index in [1.54, 1.807) is 7.05 Å². The van der Waals surface area contributed by atoms with Gasteiger partial charge in [-0.05, 0) is 46.1 Å². The summed E-state index contributed by atoms with van der Waals surface area (Å²) in [5.74, 6) is 0.209. The van der Waals surface area contributed by atoms with E-state index in [1.165, 1.54) is 4.90 Å². The zero-order chi connectivity index (χ0) is 14.6. The molecule has 0 saturated heterocycles. The average Bonchev–Trinajstić information content (AvgIpc) is 2.72. The second-order valence-electron chi connectivity index (χ2n) is 6.53. The van der Waals surface area contributed by atoms with Crippen molar-refractivity contribution in [3.8, 4) is 0 Å². The number of nitrogens with one attached hydrogen (secondary N) is 1. The first-order valence-electron chi connectivity index (χ1n) is 7.00. The highest BCUT2D eigenvalue weighted by atomic mass is 16.2. The van der Waals surface area contributed by atoms with E-state index in [1.807, 2.05) is 20.8 Å². The molecule has 1 fully saturated rings. The first kappa shape index (κ1) is 16.0. The van der Waals surface area contributed by atoms with Crippen molar-refractivity contribution in [3.63, 3.8) is 0 Å². The third-order valence-electron chi connectivity index (χ3n) is 3.55. The number of likely N-dealkylation sites (N-methyl/N-ethyl adjacent to an activating group) is 1. The van der Waals surface area contributed by atoms with Crippen LogP contribution in [0.2, 0.25) is 0 Å². The third-order valence-corrected chi connectivity index (χ3v) is 3.55. The van der Waals surface area contributed by atoms with Gasteiger partial charge < -0.3 is 16.0 Å². The number of nitrogens with zero attached hydrogens (tertiary/aromatic N) is 1. The Balaban J connectivity index is 2.51. The average molecular weight is 269 g/mol. The molecule has 0 aromatic rings. The van der Waals surface area contributed by atoms with E-state index in [9.17, 15) is 9.59 Å². The number of carbonyl (C=O) groups excluding carboxylic acids is 2. The van der Waals surface area contributed by atoms with Crippen LogP contribution in [-0.4, -0.2) is 42.4 Å². The maximum absolute atomic E-state index is 12.3. The number of amides is 2. The third kappa shape index (κ3) is 4.82. The van der Waals surface area contributed by atoms with Gasteiger partial charge in [-0.25, -0.2) is 0 Å². The van der Waals surface area contributed by atoms with E-state index in [0.717, 1.165) is 19.3 Å². The van der Waals surface area contributed by atoms with Gasteiger partial charge in [0.05, 0.1) is 6.54 Å². The van der Waals surface area contributed by atoms with Crippen molar-refractivity contribution in [2.24, 2.45) is 17.6 Å². The maximum atomic E-state index is 12.3. The predicted octanol–water partition coefficient (Wildman–Crippen LogP) is 0.735. The van der Waals surface area contributed by atoms with E-state index in [4.69, 9.17) is 5.73 Å². The fourth-order valence-electron chi connectivity index (χ4n) is 2.68. The smallest absolute Gasteiger partial charge is 0.240 e. The lowest BCUT2D eigenvalue weighted by Gasteiger charge is -2.26. The Morgan fingerprint density at radius 1 is 1.32 bits per heavy atom. The summed E-state index contributed by atoms with van der Waals surface area (Å²) in [6, 6.07) is 0. The molecule has 19 heavy (non-hydrogen) atoms. The van der Waals surface area contributed by atoms with Crippen molar-refractivity contribution in [2.45, 2.75) is 45.6 Å². The van der Waals surface area contributed by atoms with Crippen LogP contribution in [0.15, 0.2) is 0 Å². The molecule has 5 nitrogen and oxygen atoms in total. The SMILES string of the molecule is CN(CC(=O)NC(C)(C)C)C(=O)C1CCCC1CN. The van der Waals surface area contributed by atoms with Gasteiger partial charge in [0.15, 0.2) is 0 Å². The molecule has 1 aliphatic rings. The summed E-state index contributed by atoms with van der Waals surface area (Å²) in [5, 5.41) is 2.86. The summed E-state index contributed by atoms with van der Waals surface area (Å²) >= 11 is 0. The van der Waals surface area contributed by atoms with Crippen molar-refractivity contribution in [1.82, 2.24) is 10.2 Å². The molecule has 0 aliphatic heterocycles.